The van der Waals surface area contributed by atoms with Crippen molar-refractivity contribution < 1.29 is 4.79 Å². The Morgan fingerprint density at radius 1 is 1.41 bits per heavy atom. The van der Waals surface area contributed by atoms with Gasteiger partial charge in [0.25, 0.3) is 5.91 Å². The third-order valence-corrected chi connectivity index (χ3v) is 2.70. The Hall–Kier alpha value is -1.55. The molecule has 0 aromatic heterocycles. The molecule has 4 nitrogen and oxygen atoms in total. The summed E-state index contributed by atoms with van der Waals surface area (Å²) >= 11 is 0. The molecule has 1 amide bonds. The Kier molecular flexibility index (Phi) is 4.12. The zero-order chi connectivity index (χ0) is 13.1. The van der Waals surface area contributed by atoms with Gasteiger partial charge in [-0.1, -0.05) is 19.9 Å². The summed E-state index contributed by atoms with van der Waals surface area (Å²) < 4.78 is 0. The second kappa shape index (κ2) is 5.19. The van der Waals surface area contributed by atoms with E-state index >= 15 is 0 Å². The number of benzene rings is 1. The van der Waals surface area contributed by atoms with Gasteiger partial charge in [-0.3, -0.25) is 4.79 Å². The Morgan fingerprint density at radius 2 is 2.06 bits per heavy atom. The maximum Gasteiger partial charge on any atom is 0.253 e. The highest BCUT2D eigenvalue weighted by molar-refractivity contribution is 5.94. The second-order valence-corrected chi connectivity index (χ2v) is 5.16. The molecule has 0 unspecified atom stereocenters. The monoisotopic (exact) mass is 235 g/mol. The van der Waals surface area contributed by atoms with Crippen LogP contribution in [-0.2, 0) is 0 Å². The van der Waals surface area contributed by atoms with Crippen molar-refractivity contribution in [2.75, 3.05) is 25.9 Å². The van der Waals surface area contributed by atoms with Crippen LogP contribution in [0.5, 0.6) is 0 Å². The minimum atomic E-state index is -0.0786. The van der Waals surface area contributed by atoms with Gasteiger partial charge in [0.1, 0.15) is 0 Å². The average Bonchev–Trinajstić information content (AvgIpc) is 2.27. The van der Waals surface area contributed by atoms with Crippen LogP contribution in [-0.4, -0.2) is 30.9 Å². The van der Waals surface area contributed by atoms with Gasteiger partial charge < -0.3 is 16.4 Å². The number of carbonyl (C=O) groups is 1. The van der Waals surface area contributed by atoms with Crippen LogP contribution in [0.2, 0.25) is 0 Å². The third-order valence-electron chi connectivity index (χ3n) is 2.70. The summed E-state index contributed by atoms with van der Waals surface area (Å²) in [7, 11) is 1.78. The van der Waals surface area contributed by atoms with Gasteiger partial charge in [0.05, 0.1) is 0 Å². The molecule has 0 aliphatic heterocycles. The minimum absolute atomic E-state index is 0.0289. The van der Waals surface area contributed by atoms with E-state index in [4.69, 9.17) is 11.5 Å². The highest BCUT2D eigenvalue weighted by Crippen LogP contribution is 2.16. The number of hydrogen-bond donors (Lipinski definition) is 2. The van der Waals surface area contributed by atoms with Gasteiger partial charge >= 0.3 is 0 Å². The van der Waals surface area contributed by atoms with Crippen LogP contribution in [0, 0.1) is 5.41 Å². The van der Waals surface area contributed by atoms with E-state index < -0.39 is 0 Å². The molecule has 1 aromatic rings. The molecule has 1 rings (SSSR count). The molecule has 0 fully saturated rings. The highest BCUT2D eigenvalue weighted by Gasteiger charge is 2.21. The van der Waals surface area contributed by atoms with Crippen molar-refractivity contribution in [1.82, 2.24) is 4.90 Å². The first-order valence-corrected chi connectivity index (χ1v) is 5.67. The molecular weight excluding hydrogens is 214 g/mol. The maximum atomic E-state index is 12.1. The smallest absolute Gasteiger partial charge is 0.253 e. The van der Waals surface area contributed by atoms with E-state index in [9.17, 15) is 4.79 Å². The molecule has 17 heavy (non-hydrogen) atoms. The SMILES string of the molecule is CN(CC(C)(C)CN)C(=O)c1cccc(N)c1. The van der Waals surface area contributed by atoms with E-state index in [-0.39, 0.29) is 11.3 Å². The van der Waals surface area contributed by atoms with Crippen LogP contribution in [0.4, 0.5) is 5.69 Å². The topological polar surface area (TPSA) is 72.3 Å². The van der Waals surface area contributed by atoms with Gasteiger partial charge in [-0.25, -0.2) is 0 Å². The molecular formula is C13H21N3O. The number of anilines is 1. The van der Waals surface area contributed by atoms with E-state index in [1.165, 1.54) is 0 Å². The van der Waals surface area contributed by atoms with Crippen LogP contribution in [0.1, 0.15) is 24.2 Å². The van der Waals surface area contributed by atoms with Crippen molar-refractivity contribution in [3.8, 4) is 0 Å². The molecule has 94 valence electrons. The molecule has 1 aromatic carbocycles. The van der Waals surface area contributed by atoms with Crippen LogP contribution in [0.3, 0.4) is 0 Å². The van der Waals surface area contributed by atoms with Crippen molar-refractivity contribution >= 4 is 11.6 Å². The lowest BCUT2D eigenvalue weighted by Gasteiger charge is -2.29. The number of nitrogen functional groups attached to an aromatic ring is 1. The van der Waals surface area contributed by atoms with Gasteiger partial charge in [-0.15, -0.1) is 0 Å². The lowest BCUT2D eigenvalue weighted by atomic mass is 9.93. The lowest BCUT2D eigenvalue weighted by Crippen LogP contribution is -2.39. The first-order valence-electron chi connectivity index (χ1n) is 5.67. The fourth-order valence-electron chi connectivity index (χ4n) is 1.67. The number of carbonyl (C=O) groups excluding carboxylic acids is 1. The third kappa shape index (κ3) is 3.75. The number of nitrogens with two attached hydrogens (primary N) is 2. The van der Waals surface area contributed by atoms with Crippen molar-refractivity contribution in [2.24, 2.45) is 11.1 Å². The molecule has 0 spiro atoms. The lowest BCUT2D eigenvalue weighted by molar-refractivity contribution is 0.0740. The van der Waals surface area contributed by atoms with Crippen molar-refractivity contribution in [3.63, 3.8) is 0 Å². The Bertz CT molecular complexity index is 401. The van der Waals surface area contributed by atoms with E-state index in [1.54, 1.807) is 36.2 Å². The van der Waals surface area contributed by atoms with Crippen LogP contribution in [0.15, 0.2) is 24.3 Å². The number of rotatable bonds is 4. The van der Waals surface area contributed by atoms with Gasteiger partial charge in [0.15, 0.2) is 0 Å². The fraction of sp³-hybridized carbons (Fsp3) is 0.462. The predicted molar refractivity (Wildman–Crippen MR) is 70.7 cm³/mol. The summed E-state index contributed by atoms with van der Waals surface area (Å²) in [6, 6.07) is 7.00. The number of amides is 1. The summed E-state index contributed by atoms with van der Waals surface area (Å²) in [6.45, 7) is 5.24. The Labute approximate surface area is 103 Å². The summed E-state index contributed by atoms with van der Waals surface area (Å²) in [5, 5.41) is 0. The summed E-state index contributed by atoms with van der Waals surface area (Å²) in [5.41, 5.74) is 12.5. The van der Waals surface area contributed by atoms with Crippen LogP contribution in [0.25, 0.3) is 0 Å². The van der Waals surface area contributed by atoms with E-state index in [0.29, 0.717) is 24.3 Å². The molecule has 0 heterocycles. The quantitative estimate of drug-likeness (QED) is 0.773. The maximum absolute atomic E-state index is 12.1. The van der Waals surface area contributed by atoms with E-state index in [2.05, 4.69) is 0 Å². The Balaban J connectivity index is 2.77. The standard InChI is InChI=1S/C13H21N3O/c1-13(2,8-14)9-16(3)12(17)10-5-4-6-11(15)7-10/h4-7H,8-9,14-15H2,1-3H3. The van der Waals surface area contributed by atoms with Crippen molar-refractivity contribution in [3.05, 3.63) is 29.8 Å². The summed E-state index contributed by atoms with van der Waals surface area (Å²) in [4.78, 5) is 13.8. The Morgan fingerprint density at radius 3 is 2.59 bits per heavy atom. The molecule has 0 aliphatic carbocycles. The second-order valence-electron chi connectivity index (χ2n) is 5.16. The van der Waals surface area contributed by atoms with Crippen LogP contribution >= 0.6 is 0 Å². The molecule has 0 aliphatic rings. The van der Waals surface area contributed by atoms with Crippen LogP contribution < -0.4 is 11.5 Å². The summed E-state index contributed by atoms with van der Waals surface area (Å²) in [6.07, 6.45) is 0. The molecule has 0 radical (unpaired) electrons. The molecule has 4 N–H and O–H groups in total. The highest BCUT2D eigenvalue weighted by atomic mass is 16.2. The van der Waals surface area contributed by atoms with E-state index in [0.717, 1.165) is 0 Å². The first kappa shape index (κ1) is 13.5. The van der Waals surface area contributed by atoms with Gasteiger partial charge in [-0.05, 0) is 30.2 Å². The molecule has 0 saturated carbocycles. The predicted octanol–water partition coefficient (Wildman–Crippen LogP) is 1.33. The zero-order valence-corrected chi connectivity index (χ0v) is 10.7. The number of hydrogen-bond acceptors (Lipinski definition) is 3. The molecule has 0 bridgehead atoms. The zero-order valence-electron chi connectivity index (χ0n) is 10.7. The van der Waals surface area contributed by atoms with Gasteiger partial charge in [0, 0.05) is 24.8 Å². The summed E-state index contributed by atoms with van der Waals surface area (Å²) in [5.74, 6) is -0.0289. The number of nitrogens with zero attached hydrogens (tertiary/aromatic N) is 1. The van der Waals surface area contributed by atoms with Crippen molar-refractivity contribution in [1.29, 1.82) is 0 Å². The minimum Gasteiger partial charge on any atom is -0.399 e. The first-order chi connectivity index (χ1) is 7.85. The van der Waals surface area contributed by atoms with Crippen molar-refractivity contribution in [2.45, 2.75) is 13.8 Å². The molecule has 4 heteroatoms. The van der Waals surface area contributed by atoms with Gasteiger partial charge in [0.2, 0.25) is 0 Å². The molecule has 0 saturated heterocycles. The largest absolute Gasteiger partial charge is 0.399 e. The van der Waals surface area contributed by atoms with E-state index in [1.807, 2.05) is 13.8 Å². The normalized spacial score (nSPS) is 11.3. The average molecular weight is 235 g/mol. The fourth-order valence-corrected chi connectivity index (χ4v) is 1.67. The molecule has 0 atom stereocenters. The van der Waals surface area contributed by atoms with Gasteiger partial charge in [-0.2, -0.15) is 0 Å².